The predicted octanol–water partition coefficient (Wildman–Crippen LogP) is 3.76. The summed E-state index contributed by atoms with van der Waals surface area (Å²) in [5.41, 5.74) is 2.30. The Balaban J connectivity index is 1.58. The van der Waals surface area contributed by atoms with Gasteiger partial charge in [-0.25, -0.2) is 0 Å². The predicted molar refractivity (Wildman–Crippen MR) is 92.8 cm³/mol. The quantitative estimate of drug-likeness (QED) is 0.741. The number of carbonyl (C=O) groups is 1. The number of benzene rings is 2. The normalized spacial score (nSPS) is 10.8. The molecule has 0 spiro atoms. The minimum absolute atomic E-state index is 0.0356. The fraction of sp³-hybridized carbons (Fsp3) is 0.167. The maximum atomic E-state index is 12.1. The van der Waals surface area contributed by atoms with E-state index in [0.29, 0.717) is 13.1 Å². The van der Waals surface area contributed by atoms with Gasteiger partial charge >= 0.3 is 0 Å². The van der Waals surface area contributed by atoms with Gasteiger partial charge in [0.15, 0.2) is 0 Å². The van der Waals surface area contributed by atoms with E-state index in [1.54, 1.807) is 0 Å². The monoisotopic (exact) mass is 356 g/mol. The van der Waals surface area contributed by atoms with Crippen molar-refractivity contribution in [3.8, 4) is 0 Å². The molecule has 1 amide bonds. The fourth-order valence-corrected chi connectivity index (χ4v) is 2.85. The maximum Gasteiger partial charge on any atom is 0.239 e. The van der Waals surface area contributed by atoms with Crippen molar-refractivity contribution in [3.63, 3.8) is 0 Å². The first-order chi connectivity index (χ1) is 10.7. The van der Waals surface area contributed by atoms with E-state index in [4.69, 9.17) is 0 Å². The van der Waals surface area contributed by atoms with Crippen LogP contribution in [0.3, 0.4) is 0 Å². The topological polar surface area (TPSA) is 34.0 Å². The standard InChI is InChI=1S/C18H17BrN2O/c19-16-7-6-15-9-11-21(17(15)12-16)13-18(22)20-10-8-14-4-2-1-3-5-14/h1-7,9,11-12H,8,10,13H2,(H,20,22). The van der Waals surface area contributed by atoms with Crippen molar-refractivity contribution in [1.82, 2.24) is 9.88 Å². The Morgan fingerprint density at radius 1 is 1.09 bits per heavy atom. The zero-order valence-electron chi connectivity index (χ0n) is 12.1. The Kier molecular flexibility index (Phi) is 4.59. The minimum Gasteiger partial charge on any atom is -0.354 e. The molecular formula is C18H17BrN2O. The molecule has 2 aromatic carbocycles. The van der Waals surface area contributed by atoms with Crippen molar-refractivity contribution in [2.75, 3.05) is 6.54 Å². The molecule has 0 aliphatic rings. The van der Waals surface area contributed by atoms with E-state index in [1.807, 2.05) is 53.2 Å². The number of hydrogen-bond donors (Lipinski definition) is 1. The number of nitrogens with zero attached hydrogens (tertiary/aromatic N) is 1. The second-order valence-corrected chi connectivity index (χ2v) is 6.15. The first-order valence-electron chi connectivity index (χ1n) is 7.27. The lowest BCUT2D eigenvalue weighted by atomic mass is 10.1. The first kappa shape index (κ1) is 14.9. The Morgan fingerprint density at radius 2 is 1.91 bits per heavy atom. The molecular weight excluding hydrogens is 340 g/mol. The average molecular weight is 357 g/mol. The van der Waals surface area contributed by atoms with Crippen LogP contribution in [0, 0.1) is 0 Å². The molecule has 1 aromatic heterocycles. The number of fused-ring (bicyclic) bond motifs is 1. The summed E-state index contributed by atoms with van der Waals surface area (Å²) in [6.07, 6.45) is 2.80. The van der Waals surface area contributed by atoms with E-state index in [9.17, 15) is 4.79 Å². The summed E-state index contributed by atoms with van der Waals surface area (Å²) in [5.74, 6) is 0.0356. The SMILES string of the molecule is O=C(Cn1ccc2ccc(Br)cc21)NCCc1ccccc1. The van der Waals surface area contributed by atoms with Gasteiger partial charge in [0.1, 0.15) is 6.54 Å². The van der Waals surface area contributed by atoms with Gasteiger partial charge in [-0.3, -0.25) is 4.79 Å². The molecule has 112 valence electrons. The molecule has 0 radical (unpaired) electrons. The zero-order valence-corrected chi connectivity index (χ0v) is 13.7. The van der Waals surface area contributed by atoms with Crippen molar-refractivity contribution in [1.29, 1.82) is 0 Å². The molecule has 3 rings (SSSR count). The van der Waals surface area contributed by atoms with Crippen LogP contribution in [0.2, 0.25) is 0 Å². The summed E-state index contributed by atoms with van der Waals surface area (Å²) in [5, 5.41) is 4.12. The lowest BCUT2D eigenvalue weighted by Crippen LogP contribution is -2.29. The molecule has 0 saturated carbocycles. The summed E-state index contributed by atoms with van der Waals surface area (Å²) < 4.78 is 2.99. The number of aromatic nitrogens is 1. The van der Waals surface area contributed by atoms with E-state index in [2.05, 4.69) is 33.4 Å². The number of nitrogens with one attached hydrogen (secondary N) is 1. The van der Waals surface area contributed by atoms with Gasteiger partial charge in [0, 0.05) is 22.7 Å². The van der Waals surface area contributed by atoms with Crippen LogP contribution in [0.25, 0.3) is 10.9 Å². The van der Waals surface area contributed by atoms with Gasteiger partial charge in [-0.05, 0) is 35.6 Å². The van der Waals surface area contributed by atoms with Gasteiger partial charge in [0.2, 0.25) is 5.91 Å². The van der Waals surface area contributed by atoms with Gasteiger partial charge < -0.3 is 9.88 Å². The van der Waals surface area contributed by atoms with Gasteiger partial charge in [-0.15, -0.1) is 0 Å². The first-order valence-corrected chi connectivity index (χ1v) is 8.07. The zero-order chi connectivity index (χ0) is 15.4. The summed E-state index contributed by atoms with van der Waals surface area (Å²) in [7, 11) is 0. The highest BCUT2D eigenvalue weighted by atomic mass is 79.9. The molecule has 0 fully saturated rings. The van der Waals surface area contributed by atoms with Crippen LogP contribution in [0.4, 0.5) is 0 Å². The van der Waals surface area contributed by atoms with Crippen LogP contribution in [-0.2, 0) is 17.8 Å². The lowest BCUT2D eigenvalue weighted by molar-refractivity contribution is -0.121. The Hall–Kier alpha value is -2.07. The van der Waals surface area contributed by atoms with Crippen molar-refractivity contribution < 1.29 is 4.79 Å². The van der Waals surface area contributed by atoms with Gasteiger partial charge in [-0.2, -0.15) is 0 Å². The molecule has 0 bridgehead atoms. The highest BCUT2D eigenvalue weighted by Gasteiger charge is 2.06. The van der Waals surface area contributed by atoms with Crippen molar-refractivity contribution in [2.45, 2.75) is 13.0 Å². The molecule has 0 saturated heterocycles. The molecule has 0 aliphatic carbocycles. The molecule has 22 heavy (non-hydrogen) atoms. The van der Waals surface area contributed by atoms with Crippen molar-refractivity contribution >= 4 is 32.7 Å². The summed E-state index contributed by atoms with van der Waals surface area (Å²) in [4.78, 5) is 12.1. The number of carbonyl (C=O) groups excluding carboxylic acids is 1. The van der Waals surface area contributed by atoms with Crippen LogP contribution >= 0.6 is 15.9 Å². The second kappa shape index (κ2) is 6.79. The fourth-order valence-electron chi connectivity index (χ4n) is 2.50. The molecule has 3 nitrogen and oxygen atoms in total. The molecule has 1 N–H and O–H groups in total. The van der Waals surface area contributed by atoms with Crippen LogP contribution in [-0.4, -0.2) is 17.0 Å². The van der Waals surface area contributed by atoms with Gasteiger partial charge in [-0.1, -0.05) is 52.3 Å². The van der Waals surface area contributed by atoms with Crippen LogP contribution < -0.4 is 5.32 Å². The Labute approximate surface area is 138 Å². The maximum absolute atomic E-state index is 12.1. The Morgan fingerprint density at radius 3 is 2.73 bits per heavy atom. The number of rotatable bonds is 5. The van der Waals surface area contributed by atoms with Crippen LogP contribution in [0.1, 0.15) is 5.56 Å². The van der Waals surface area contributed by atoms with Gasteiger partial charge in [0.25, 0.3) is 0 Å². The summed E-state index contributed by atoms with van der Waals surface area (Å²) in [6.45, 7) is 1.00. The largest absolute Gasteiger partial charge is 0.354 e. The molecule has 0 unspecified atom stereocenters. The summed E-state index contributed by atoms with van der Waals surface area (Å²) >= 11 is 3.47. The van der Waals surface area contributed by atoms with Gasteiger partial charge in [0.05, 0.1) is 0 Å². The third kappa shape index (κ3) is 3.57. The molecule has 4 heteroatoms. The number of hydrogen-bond acceptors (Lipinski definition) is 1. The molecule has 0 aliphatic heterocycles. The van der Waals surface area contributed by atoms with E-state index in [0.717, 1.165) is 21.8 Å². The average Bonchev–Trinajstić information content (AvgIpc) is 2.90. The minimum atomic E-state index is 0.0356. The molecule has 0 atom stereocenters. The molecule has 3 aromatic rings. The van der Waals surface area contributed by atoms with E-state index < -0.39 is 0 Å². The molecule has 1 heterocycles. The second-order valence-electron chi connectivity index (χ2n) is 5.23. The third-order valence-corrected chi connectivity index (χ3v) is 4.12. The smallest absolute Gasteiger partial charge is 0.239 e. The van der Waals surface area contributed by atoms with E-state index in [-0.39, 0.29) is 5.91 Å². The highest BCUT2D eigenvalue weighted by molar-refractivity contribution is 9.10. The highest BCUT2D eigenvalue weighted by Crippen LogP contribution is 2.20. The summed E-state index contributed by atoms with van der Waals surface area (Å²) in [6, 6.07) is 18.3. The number of halogens is 1. The van der Waals surface area contributed by atoms with Crippen molar-refractivity contribution in [3.05, 3.63) is 70.8 Å². The lowest BCUT2D eigenvalue weighted by Gasteiger charge is -2.08. The third-order valence-electron chi connectivity index (χ3n) is 3.63. The Bertz CT molecular complexity index is 780. The van der Waals surface area contributed by atoms with E-state index in [1.165, 1.54) is 5.56 Å². The van der Waals surface area contributed by atoms with Crippen LogP contribution in [0.5, 0.6) is 0 Å². The van der Waals surface area contributed by atoms with E-state index >= 15 is 0 Å². The number of amides is 1. The van der Waals surface area contributed by atoms with Crippen LogP contribution in [0.15, 0.2) is 65.3 Å². The van der Waals surface area contributed by atoms with Crippen molar-refractivity contribution in [2.24, 2.45) is 0 Å².